The second-order valence-electron chi connectivity index (χ2n) is 5.88. The summed E-state index contributed by atoms with van der Waals surface area (Å²) in [7, 11) is 0. The molecule has 4 heterocycles. The predicted molar refractivity (Wildman–Crippen MR) is 97.6 cm³/mol. The SMILES string of the molecule is CCn1c(SCc2cn3cccc(C)c3n2)nnc1-c1ccoc1C. The van der Waals surface area contributed by atoms with E-state index in [1.165, 1.54) is 5.56 Å². The Balaban J connectivity index is 1.59. The molecule has 0 bridgehead atoms. The third kappa shape index (κ3) is 2.84. The summed E-state index contributed by atoms with van der Waals surface area (Å²) in [4.78, 5) is 4.72. The molecular weight excluding hydrogens is 334 g/mol. The van der Waals surface area contributed by atoms with Crippen molar-refractivity contribution in [3.8, 4) is 11.4 Å². The van der Waals surface area contributed by atoms with Crippen LogP contribution < -0.4 is 0 Å². The van der Waals surface area contributed by atoms with Crippen LogP contribution in [0.25, 0.3) is 17.0 Å². The number of thioether (sulfide) groups is 1. The number of pyridine rings is 1. The molecular formula is C18H19N5OS. The summed E-state index contributed by atoms with van der Waals surface area (Å²) in [5.41, 5.74) is 4.20. The van der Waals surface area contributed by atoms with Gasteiger partial charge in [-0.3, -0.25) is 0 Å². The first-order valence-corrected chi connectivity index (χ1v) is 9.19. The molecule has 0 aliphatic carbocycles. The van der Waals surface area contributed by atoms with E-state index in [0.717, 1.165) is 45.9 Å². The van der Waals surface area contributed by atoms with Gasteiger partial charge in [0, 0.05) is 24.7 Å². The van der Waals surface area contributed by atoms with Crippen LogP contribution in [0.3, 0.4) is 0 Å². The normalized spacial score (nSPS) is 11.5. The van der Waals surface area contributed by atoms with Crippen molar-refractivity contribution in [3.63, 3.8) is 0 Å². The highest BCUT2D eigenvalue weighted by atomic mass is 32.2. The Morgan fingerprint density at radius 3 is 2.80 bits per heavy atom. The van der Waals surface area contributed by atoms with Crippen LogP contribution >= 0.6 is 11.8 Å². The van der Waals surface area contributed by atoms with Gasteiger partial charge in [-0.2, -0.15) is 0 Å². The molecule has 0 aromatic carbocycles. The van der Waals surface area contributed by atoms with Crippen LogP contribution in [0.1, 0.15) is 23.9 Å². The van der Waals surface area contributed by atoms with Crippen molar-refractivity contribution >= 4 is 17.4 Å². The summed E-state index contributed by atoms with van der Waals surface area (Å²) in [6.45, 7) is 6.92. The fourth-order valence-corrected chi connectivity index (χ4v) is 3.80. The topological polar surface area (TPSA) is 61.2 Å². The fourth-order valence-electron chi connectivity index (χ4n) is 2.91. The number of hydrogen-bond acceptors (Lipinski definition) is 5. The summed E-state index contributed by atoms with van der Waals surface area (Å²) in [5, 5.41) is 9.63. The summed E-state index contributed by atoms with van der Waals surface area (Å²) >= 11 is 1.65. The molecule has 0 radical (unpaired) electrons. The Kier molecular flexibility index (Phi) is 4.09. The average Bonchev–Trinajstić information content (AvgIpc) is 3.30. The average molecular weight is 353 g/mol. The van der Waals surface area contributed by atoms with E-state index >= 15 is 0 Å². The molecule has 4 aromatic rings. The van der Waals surface area contributed by atoms with Crippen molar-refractivity contribution in [3.05, 3.63) is 53.9 Å². The van der Waals surface area contributed by atoms with Crippen molar-refractivity contribution in [1.82, 2.24) is 24.1 Å². The minimum atomic E-state index is 0.754. The van der Waals surface area contributed by atoms with E-state index in [0.29, 0.717) is 0 Å². The molecule has 0 fully saturated rings. The molecule has 128 valence electrons. The Labute approximate surface area is 149 Å². The summed E-state index contributed by atoms with van der Waals surface area (Å²) in [6, 6.07) is 6.05. The van der Waals surface area contributed by atoms with E-state index in [4.69, 9.17) is 9.40 Å². The standard InChI is InChI=1S/C18H19N5OS/c1-4-23-17(15-7-9-24-13(15)3)20-21-18(23)25-11-14-10-22-8-5-6-12(2)16(22)19-14/h5-10H,4,11H2,1-3H3. The van der Waals surface area contributed by atoms with E-state index in [9.17, 15) is 0 Å². The first-order chi connectivity index (χ1) is 12.2. The van der Waals surface area contributed by atoms with Gasteiger partial charge < -0.3 is 13.4 Å². The van der Waals surface area contributed by atoms with Crippen LogP contribution in [-0.4, -0.2) is 24.1 Å². The summed E-state index contributed by atoms with van der Waals surface area (Å²) in [5.74, 6) is 2.46. The number of furan rings is 1. The summed E-state index contributed by atoms with van der Waals surface area (Å²) in [6.07, 6.45) is 5.78. The van der Waals surface area contributed by atoms with Gasteiger partial charge in [-0.05, 0) is 38.5 Å². The van der Waals surface area contributed by atoms with E-state index in [2.05, 4.69) is 45.3 Å². The van der Waals surface area contributed by atoms with Crippen LogP contribution in [0.2, 0.25) is 0 Å². The van der Waals surface area contributed by atoms with Gasteiger partial charge in [0.05, 0.1) is 17.5 Å². The van der Waals surface area contributed by atoms with E-state index in [1.807, 2.05) is 25.3 Å². The lowest BCUT2D eigenvalue weighted by Crippen LogP contribution is -2.00. The van der Waals surface area contributed by atoms with E-state index < -0.39 is 0 Å². The Morgan fingerprint density at radius 1 is 1.20 bits per heavy atom. The molecule has 0 N–H and O–H groups in total. The monoisotopic (exact) mass is 353 g/mol. The third-order valence-corrected chi connectivity index (χ3v) is 5.21. The van der Waals surface area contributed by atoms with Gasteiger partial charge in [0.1, 0.15) is 11.4 Å². The number of nitrogens with zero attached hydrogens (tertiary/aromatic N) is 5. The lowest BCUT2D eigenvalue weighted by atomic mass is 10.2. The number of imidazole rings is 1. The molecule has 4 rings (SSSR count). The van der Waals surface area contributed by atoms with Gasteiger partial charge in [-0.15, -0.1) is 10.2 Å². The van der Waals surface area contributed by atoms with Crippen molar-refractivity contribution in [2.75, 3.05) is 0 Å². The molecule has 7 heteroatoms. The largest absolute Gasteiger partial charge is 0.469 e. The Hall–Kier alpha value is -2.54. The second-order valence-corrected chi connectivity index (χ2v) is 6.83. The Morgan fingerprint density at radius 2 is 2.08 bits per heavy atom. The van der Waals surface area contributed by atoms with Crippen LogP contribution in [0.5, 0.6) is 0 Å². The van der Waals surface area contributed by atoms with Crippen LogP contribution in [0.4, 0.5) is 0 Å². The number of fused-ring (bicyclic) bond motifs is 1. The van der Waals surface area contributed by atoms with Gasteiger partial charge >= 0.3 is 0 Å². The van der Waals surface area contributed by atoms with Crippen molar-refractivity contribution in [1.29, 1.82) is 0 Å². The first kappa shape index (κ1) is 16.0. The molecule has 6 nitrogen and oxygen atoms in total. The van der Waals surface area contributed by atoms with Gasteiger partial charge in [0.25, 0.3) is 0 Å². The number of hydrogen-bond donors (Lipinski definition) is 0. The van der Waals surface area contributed by atoms with Crippen molar-refractivity contribution < 1.29 is 4.42 Å². The van der Waals surface area contributed by atoms with Crippen LogP contribution in [-0.2, 0) is 12.3 Å². The maximum atomic E-state index is 5.40. The fraction of sp³-hybridized carbons (Fsp3) is 0.278. The van der Waals surface area contributed by atoms with E-state index in [1.54, 1.807) is 18.0 Å². The molecule has 25 heavy (non-hydrogen) atoms. The third-order valence-electron chi connectivity index (χ3n) is 4.21. The maximum absolute atomic E-state index is 5.40. The number of aromatic nitrogens is 5. The Bertz CT molecular complexity index is 1030. The van der Waals surface area contributed by atoms with Crippen LogP contribution in [0.15, 0.2) is 46.4 Å². The maximum Gasteiger partial charge on any atom is 0.191 e. The van der Waals surface area contributed by atoms with E-state index in [-0.39, 0.29) is 0 Å². The molecule has 0 saturated heterocycles. The zero-order chi connectivity index (χ0) is 17.4. The highest BCUT2D eigenvalue weighted by molar-refractivity contribution is 7.98. The highest BCUT2D eigenvalue weighted by Crippen LogP contribution is 2.28. The predicted octanol–water partition coefficient (Wildman–Crippen LogP) is 4.11. The minimum absolute atomic E-state index is 0.754. The molecule has 4 aromatic heterocycles. The molecule has 0 aliphatic rings. The molecule has 0 spiro atoms. The molecule has 0 unspecified atom stereocenters. The minimum Gasteiger partial charge on any atom is -0.469 e. The second kappa shape index (κ2) is 6.40. The van der Waals surface area contributed by atoms with Crippen molar-refractivity contribution in [2.45, 2.75) is 38.2 Å². The zero-order valence-corrected chi connectivity index (χ0v) is 15.2. The van der Waals surface area contributed by atoms with Gasteiger partial charge in [0.15, 0.2) is 11.0 Å². The van der Waals surface area contributed by atoms with Gasteiger partial charge in [0.2, 0.25) is 0 Å². The number of aryl methyl sites for hydroxylation is 2. The molecule has 0 atom stereocenters. The first-order valence-electron chi connectivity index (χ1n) is 8.21. The van der Waals surface area contributed by atoms with Gasteiger partial charge in [-0.25, -0.2) is 4.98 Å². The van der Waals surface area contributed by atoms with Gasteiger partial charge in [-0.1, -0.05) is 17.8 Å². The molecule has 0 saturated carbocycles. The lowest BCUT2D eigenvalue weighted by molar-refractivity contribution is 0.534. The zero-order valence-electron chi connectivity index (χ0n) is 14.4. The van der Waals surface area contributed by atoms with Crippen molar-refractivity contribution in [2.24, 2.45) is 0 Å². The summed E-state index contributed by atoms with van der Waals surface area (Å²) < 4.78 is 9.58. The van der Waals surface area contributed by atoms with Crippen LogP contribution in [0, 0.1) is 13.8 Å². The molecule has 0 amide bonds. The quantitative estimate of drug-likeness (QED) is 0.505. The lowest BCUT2D eigenvalue weighted by Gasteiger charge is -2.05. The molecule has 0 aliphatic heterocycles. The highest BCUT2D eigenvalue weighted by Gasteiger charge is 2.16. The smallest absolute Gasteiger partial charge is 0.191 e. The number of rotatable bonds is 5.